The van der Waals surface area contributed by atoms with E-state index in [9.17, 15) is 26.3 Å². The summed E-state index contributed by atoms with van der Waals surface area (Å²) in [5, 5.41) is 23.1. The Hall–Kier alpha value is -4.97. The summed E-state index contributed by atoms with van der Waals surface area (Å²) in [7, 11) is 1.64. The second kappa shape index (κ2) is 12.7. The van der Waals surface area contributed by atoms with Crippen LogP contribution in [0.4, 0.5) is 32.2 Å². The number of aromatic nitrogens is 5. The van der Waals surface area contributed by atoms with Crippen LogP contribution >= 0.6 is 0 Å². The number of fused-ring (bicyclic) bond motifs is 1. The molecule has 244 valence electrons. The molecule has 5 aromatic rings. The van der Waals surface area contributed by atoms with Gasteiger partial charge in [-0.15, -0.1) is 10.2 Å². The van der Waals surface area contributed by atoms with Gasteiger partial charge in [-0.2, -0.15) is 31.6 Å². The van der Waals surface area contributed by atoms with Crippen molar-refractivity contribution in [1.82, 2.24) is 30.0 Å². The highest BCUT2D eigenvalue weighted by Gasteiger charge is 2.36. The first kappa shape index (κ1) is 32.0. The van der Waals surface area contributed by atoms with Crippen molar-refractivity contribution in [2.24, 2.45) is 13.0 Å². The van der Waals surface area contributed by atoms with Gasteiger partial charge in [0.1, 0.15) is 28.9 Å². The molecule has 1 saturated carbocycles. The Bertz CT molecular complexity index is 1950. The average molecular weight is 655 g/mol. The molecule has 0 bridgehead atoms. The summed E-state index contributed by atoms with van der Waals surface area (Å²) in [5.41, 5.74) is -1.37. The molecule has 0 saturated heterocycles. The molecule has 1 aliphatic carbocycles. The maximum Gasteiger partial charge on any atom is 0.420 e. The molecule has 0 unspecified atom stereocenters. The minimum Gasteiger partial charge on any atom is -0.434 e. The first-order chi connectivity index (χ1) is 22.4. The van der Waals surface area contributed by atoms with Crippen molar-refractivity contribution in [2.45, 2.75) is 44.6 Å². The van der Waals surface area contributed by atoms with E-state index in [4.69, 9.17) is 9.68 Å². The molecule has 0 amide bonds. The van der Waals surface area contributed by atoms with Gasteiger partial charge in [0.25, 0.3) is 0 Å². The first-order valence-electron chi connectivity index (χ1n) is 14.8. The number of aryl methyl sites for hydroxylation is 1. The number of benzene rings is 2. The topological polar surface area (TPSA) is 117 Å². The summed E-state index contributed by atoms with van der Waals surface area (Å²) in [5.74, 6) is 0.768. The van der Waals surface area contributed by atoms with Gasteiger partial charge in [-0.3, -0.25) is 0 Å². The van der Waals surface area contributed by atoms with E-state index >= 15 is 0 Å². The Kier molecular flexibility index (Phi) is 8.63. The molecule has 0 radical (unpaired) electrons. The Morgan fingerprint density at radius 2 is 1.81 bits per heavy atom. The summed E-state index contributed by atoms with van der Waals surface area (Å²) < 4.78 is 91.6. The van der Waals surface area contributed by atoms with E-state index in [0.29, 0.717) is 36.6 Å². The lowest BCUT2D eigenvalue weighted by atomic mass is 9.96. The number of halogens is 6. The fourth-order valence-corrected chi connectivity index (χ4v) is 5.21. The van der Waals surface area contributed by atoms with Gasteiger partial charge < -0.3 is 19.6 Å². The smallest absolute Gasteiger partial charge is 0.420 e. The van der Waals surface area contributed by atoms with Crippen molar-refractivity contribution in [2.75, 3.05) is 18.4 Å². The van der Waals surface area contributed by atoms with E-state index < -0.39 is 29.1 Å². The molecule has 47 heavy (non-hydrogen) atoms. The van der Waals surface area contributed by atoms with Crippen molar-refractivity contribution in [1.29, 1.82) is 5.26 Å². The number of rotatable bonds is 11. The van der Waals surface area contributed by atoms with Crippen LogP contribution in [0.5, 0.6) is 0 Å². The molecule has 0 spiro atoms. The molecule has 3 aromatic heterocycles. The van der Waals surface area contributed by atoms with Gasteiger partial charge in [0.05, 0.1) is 11.6 Å². The van der Waals surface area contributed by atoms with Gasteiger partial charge in [-0.05, 0) is 90.9 Å². The maximum atomic E-state index is 14.2. The van der Waals surface area contributed by atoms with Crippen molar-refractivity contribution < 1.29 is 30.8 Å². The molecule has 0 atom stereocenters. The van der Waals surface area contributed by atoms with Gasteiger partial charge in [0.2, 0.25) is 5.89 Å². The SMILES string of the molecule is Cn1cnnc1-c1ccc(C(F)(F)F)cc1-c1cc(NCCCC#N)nc(-c2nc3cc(CNCC4CC4)cc(C(F)(F)F)c3o2)c1. The number of nitrogens with one attached hydrogen (secondary N) is 2. The molecule has 9 nitrogen and oxygen atoms in total. The Balaban J connectivity index is 1.49. The molecule has 15 heteroatoms. The molecular weight excluding hydrogens is 626 g/mol. The Morgan fingerprint density at radius 3 is 2.49 bits per heavy atom. The highest BCUT2D eigenvalue weighted by atomic mass is 19.4. The fourth-order valence-electron chi connectivity index (χ4n) is 5.21. The third-order valence-electron chi connectivity index (χ3n) is 7.74. The summed E-state index contributed by atoms with van der Waals surface area (Å²) >= 11 is 0. The largest absolute Gasteiger partial charge is 0.434 e. The van der Waals surface area contributed by atoms with Crippen LogP contribution in [0, 0.1) is 17.2 Å². The maximum absolute atomic E-state index is 14.2. The first-order valence-corrected chi connectivity index (χ1v) is 14.8. The fraction of sp³-hybridized carbons (Fsp3) is 0.344. The zero-order valence-corrected chi connectivity index (χ0v) is 25.0. The summed E-state index contributed by atoms with van der Waals surface area (Å²) in [4.78, 5) is 8.86. The quantitative estimate of drug-likeness (QED) is 0.110. The molecule has 2 aromatic carbocycles. The summed E-state index contributed by atoms with van der Waals surface area (Å²) in [6, 6.07) is 10.7. The molecule has 0 aliphatic heterocycles. The minimum absolute atomic E-state index is 0.00987. The Morgan fingerprint density at radius 1 is 1.00 bits per heavy atom. The lowest BCUT2D eigenvalue weighted by molar-refractivity contribution is -0.138. The third-order valence-corrected chi connectivity index (χ3v) is 7.74. The van der Waals surface area contributed by atoms with Crippen LogP contribution in [-0.4, -0.2) is 37.8 Å². The van der Waals surface area contributed by atoms with Crippen LogP contribution in [0.3, 0.4) is 0 Å². The molecule has 6 rings (SSSR count). The van der Waals surface area contributed by atoms with Crippen molar-refractivity contribution in [3.05, 3.63) is 65.5 Å². The predicted octanol–water partition coefficient (Wildman–Crippen LogP) is 7.61. The second-order valence-electron chi connectivity index (χ2n) is 11.4. The zero-order chi connectivity index (χ0) is 33.3. The molecule has 2 N–H and O–H groups in total. The van der Waals surface area contributed by atoms with E-state index in [-0.39, 0.29) is 52.8 Å². The van der Waals surface area contributed by atoms with Gasteiger partial charge in [-0.25, -0.2) is 9.97 Å². The van der Waals surface area contributed by atoms with E-state index in [2.05, 4.69) is 30.8 Å². The third kappa shape index (κ3) is 7.22. The number of nitriles is 1. The lowest BCUT2D eigenvalue weighted by Crippen LogP contribution is -2.17. The minimum atomic E-state index is -4.74. The number of hydrogen-bond donors (Lipinski definition) is 2. The van der Waals surface area contributed by atoms with Gasteiger partial charge in [-0.1, -0.05) is 0 Å². The lowest BCUT2D eigenvalue weighted by Gasteiger charge is -2.15. The molecule has 1 aliphatic rings. The van der Waals surface area contributed by atoms with Crippen LogP contribution in [0.25, 0.3) is 45.2 Å². The predicted molar refractivity (Wildman–Crippen MR) is 160 cm³/mol. The van der Waals surface area contributed by atoms with Crippen LogP contribution in [-0.2, 0) is 25.9 Å². The van der Waals surface area contributed by atoms with Crippen LogP contribution in [0.1, 0.15) is 42.4 Å². The highest BCUT2D eigenvalue weighted by Crippen LogP contribution is 2.41. The van der Waals surface area contributed by atoms with Crippen molar-refractivity contribution in [3.8, 4) is 40.2 Å². The number of pyridine rings is 1. The summed E-state index contributed by atoms with van der Waals surface area (Å²) in [6.45, 7) is 1.21. The number of unbranched alkanes of at least 4 members (excludes halogenated alkanes) is 1. The molecule has 3 heterocycles. The van der Waals surface area contributed by atoms with Crippen LogP contribution in [0.15, 0.2) is 53.2 Å². The van der Waals surface area contributed by atoms with Crippen LogP contribution in [0.2, 0.25) is 0 Å². The number of alkyl halides is 6. The Labute approximate surface area is 264 Å². The van der Waals surface area contributed by atoms with Crippen molar-refractivity contribution >= 4 is 16.9 Å². The van der Waals surface area contributed by atoms with E-state index in [0.717, 1.165) is 31.0 Å². The van der Waals surface area contributed by atoms with E-state index in [1.807, 2.05) is 6.07 Å². The zero-order valence-electron chi connectivity index (χ0n) is 25.0. The number of hydrogen-bond acceptors (Lipinski definition) is 8. The van der Waals surface area contributed by atoms with Gasteiger partial charge in [0.15, 0.2) is 11.4 Å². The summed E-state index contributed by atoms with van der Waals surface area (Å²) in [6.07, 6.45) is -5.13. The van der Waals surface area contributed by atoms with Gasteiger partial charge in [0, 0.05) is 32.1 Å². The van der Waals surface area contributed by atoms with Gasteiger partial charge >= 0.3 is 12.4 Å². The number of nitrogens with zero attached hydrogens (tertiary/aromatic N) is 6. The molecule has 1 fully saturated rings. The normalized spacial score (nSPS) is 13.7. The van der Waals surface area contributed by atoms with E-state index in [1.54, 1.807) is 11.6 Å². The standard InChI is InChI=1S/C32H28F6N8O/c1-46-17-42-45-29(46)22-7-6-21(31(33,34)35)14-23(22)20-12-26(43-27(13-20)41-9-3-2-8-39)30-44-25-11-19(16-40-15-18-4-5-18)10-24(28(25)47-30)32(36,37)38/h6-7,10-14,17-18,40H,2-5,9,15-16H2,1H3,(H,41,43). The van der Waals surface area contributed by atoms with E-state index in [1.165, 1.54) is 30.6 Å². The molecular formula is C32H28F6N8O. The monoisotopic (exact) mass is 654 g/mol. The second-order valence-corrected chi connectivity index (χ2v) is 11.4. The average Bonchev–Trinajstić information content (AvgIpc) is 3.58. The highest BCUT2D eigenvalue weighted by molar-refractivity contribution is 5.85. The van der Waals surface area contributed by atoms with Crippen LogP contribution < -0.4 is 10.6 Å². The van der Waals surface area contributed by atoms with Crippen molar-refractivity contribution in [3.63, 3.8) is 0 Å². The number of anilines is 1. The number of oxazole rings is 1.